The quantitative estimate of drug-likeness (QED) is 0.436. The molecule has 6 nitrogen and oxygen atoms in total. The number of fused-ring (bicyclic) bond motifs is 1. The Morgan fingerprint density at radius 1 is 0.889 bits per heavy atom. The molecule has 6 heteroatoms. The van der Waals surface area contributed by atoms with E-state index in [4.69, 9.17) is 0 Å². The van der Waals surface area contributed by atoms with Gasteiger partial charge < -0.3 is 0 Å². The summed E-state index contributed by atoms with van der Waals surface area (Å²) in [4.78, 5) is 38.7. The first-order valence-electron chi connectivity index (χ1n) is 10.2. The molecule has 0 N–H and O–H groups in total. The van der Waals surface area contributed by atoms with Crippen molar-refractivity contribution in [3.05, 3.63) is 39.4 Å². The fourth-order valence-electron chi connectivity index (χ4n) is 5.47. The molecular formula is C21H26N2O4. The van der Waals surface area contributed by atoms with Gasteiger partial charge in [0.25, 0.3) is 17.5 Å². The van der Waals surface area contributed by atoms with Crippen LogP contribution in [0, 0.1) is 22.0 Å². The first-order valence-corrected chi connectivity index (χ1v) is 10.2. The van der Waals surface area contributed by atoms with Crippen LogP contribution < -0.4 is 0 Å². The van der Waals surface area contributed by atoms with Gasteiger partial charge in [-0.1, -0.05) is 44.6 Å². The molecule has 0 aromatic heterocycles. The summed E-state index contributed by atoms with van der Waals surface area (Å²) < 4.78 is 0. The number of hydrogen-bond donors (Lipinski definition) is 0. The summed E-state index contributed by atoms with van der Waals surface area (Å²) in [6, 6.07) is 4.27. The Hall–Kier alpha value is -2.24. The summed E-state index contributed by atoms with van der Waals surface area (Å²) in [5.74, 6) is -0.144. The maximum absolute atomic E-state index is 13.3. The lowest BCUT2D eigenvalue weighted by Gasteiger charge is -2.42. The highest BCUT2D eigenvalue weighted by molar-refractivity contribution is 6.23. The number of nitro benzene ring substituents is 1. The molecule has 1 aromatic carbocycles. The molecule has 2 fully saturated rings. The zero-order valence-electron chi connectivity index (χ0n) is 15.6. The average molecular weight is 370 g/mol. The number of amides is 2. The molecule has 0 spiro atoms. The summed E-state index contributed by atoms with van der Waals surface area (Å²) in [7, 11) is 0. The first kappa shape index (κ1) is 18.1. The van der Waals surface area contributed by atoms with E-state index in [1.54, 1.807) is 6.07 Å². The van der Waals surface area contributed by atoms with Crippen LogP contribution in [-0.2, 0) is 0 Å². The molecular weight excluding hydrogens is 344 g/mol. The molecule has 27 heavy (non-hydrogen) atoms. The fourth-order valence-corrected chi connectivity index (χ4v) is 5.47. The Bertz CT molecular complexity index is 745. The minimum absolute atomic E-state index is 0.0101. The Balaban J connectivity index is 1.73. The second kappa shape index (κ2) is 7.41. The minimum atomic E-state index is -0.552. The van der Waals surface area contributed by atoms with E-state index in [1.165, 1.54) is 29.9 Å². The highest BCUT2D eigenvalue weighted by atomic mass is 16.6. The van der Waals surface area contributed by atoms with Crippen LogP contribution in [0.4, 0.5) is 5.69 Å². The van der Waals surface area contributed by atoms with E-state index < -0.39 is 10.8 Å². The van der Waals surface area contributed by atoms with Crippen LogP contribution in [-0.4, -0.2) is 27.7 Å². The Morgan fingerprint density at radius 2 is 1.44 bits per heavy atom. The third kappa shape index (κ3) is 3.15. The number of hydrogen-bond acceptors (Lipinski definition) is 4. The molecule has 1 heterocycles. The maximum Gasteiger partial charge on any atom is 0.282 e. The second-order valence-electron chi connectivity index (χ2n) is 8.22. The molecule has 0 radical (unpaired) electrons. The van der Waals surface area contributed by atoms with Gasteiger partial charge in [0, 0.05) is 12.1 Å². The van der Waals surface area contributed by atoms with Gasteiger partial charge >= 0.3 is 0 Å². The molecule has 0 saturated heterocycles. The second-order valence-corrected chi connectivity index (χ2v) is 8.22. The van der Waals surface area contributed by atoms with E-state index in [9.17, 15) is 19.7 Å². The number of nitrogens with zero attached hydrogens (tertiary/aromatic N) is 2. The van der Waals surface area contributed by atoms with Crippen molar-refractivity contribution in [3.63, 3.8) is 0 Å². The van der Waals surface area contributed by atoms with E-state index in [0.717, 1.165) is 51.4 Å². The normalized spacial score (nSPS) is 21.7. The van der Waals surface area contributed by atoms with Gasteiger partial charge in [-0.15, -0.1) is 0 Å². The van der Waals surface area contributed by atoms with Gasteiger partial charge in [-0.05, 0) is 43.6 Å². The summed E-state index contributed by atoms with van der Waals surface area (Å²) in [6.07, 6.45) is 11.1. The van der Waals surface area contributed by atoms with E-state index >= 15 is 0 Å². The molecule has 0 unspecified atom stereocenters. The number of rotatable bonds is 4. The van der Waals surface area contributed by atoms with Crippen molar-refractivity contribution in [2.24, 2.45) is 11.8 Å². The third-order valence-electron chi connectivity index (χ3n) is 6.68. The van der Waals surface area contributed by atoms with Crippen molar-refractivity contribution in [1.29, 1.82) is 0 Å². The van der Waals surface area contributed by atoms with Crippen LogP contribution in [0.25, 0.3) is 0 Å². The van der Waals surface area contributed by atoms with Crippen LogP contribution in [0.15, 0.2) is 18.2 Å². The Morgan fingerprint density at radius 3 is 1.96 bits per heavy atom. The molecule has 144 valence electrons. The van der Waals surface area contributed by atoms with Crippen molar-refractivity contribution in [3.8, 4) is 0 Å². The highest BCUT2D eigenvalue weighted by Crippen LogP contribution is 2.42. The molecule has 0 atom stereocenters. The van der Waals surface area contributed by atoms with Crippen molar-refractivity contribution >= 4 is 17.5 Å². The monoisotopic (exact) mass is 370 g/mol. The summed E-state index contributed by atoms with van der Waals surface area (Å²) >= 11 is 0. The van der Waals surface area contributed by atoms with E-state index in [0.29, 0.717) is 11.8 Å². The SMILES string of the molecule is O=C1c2cccc([N+](=O)[O-])c2C(=O)N1C(C1CCCCC1)C1CCCCC1. The maximum atomic E-state index is 13.3. The zero-order chi connectivity index (χ0) is 19.0. The Labute approximate surface area is 159 Å². The highest BCUT2D eigenvalue weighted by Gasteiger charge is 2.48. The van der Waals surface area contributed by atoms with Crippen LogP contribution in [0.1, 0.15) is 84.9 Å². The number of benzene rings is 1. The summed E-state index contributed by atoms with van der Waals surface area (Å²) in [5, 5.41) is 11.4. The van der Waals surface area contributed by atoms with Gasteiger partial charge in [0.2, 0.25) is 0 Å². The van der Waals surface area contributed by atoms with Gasteiger partial charge in [-0.2, -0.15) is 0 Å². The lowest BCUT2D eigenvalue weighted by molar-refractivity contribution is -0.385. The molecule has 4 rings (SSSR count). The van der Waals surface area contributed by atoms with Crippen LogP contribution in [0.2, 0.25) is 0 Å². The standard InChI is InChI=1S/C21H26N2O4/c24-20-16-12-7-13-17(23(26)27)18(16)21(25)22(20)19(14-8-3-1-4-9-14)15-10-5-2-6-11-15/h7,12-15,19H,1-6,8-11H2. The number of carbonyl (C=O) groups is 2. The molecule has 0 bridgehead atoms. The predicted octanol–water partition coefficient (Wildman–Crippen LogP) is 4.72. The van der Waals surface area contributed by atoms with Crippen molar-refractivity contribution in [2.75, 3.05) is 0 Å². The third-order valence-corrected chi connectivity index (χ3v) is 6.68. The topological polar surface area (TPSA) is 80.5 Å². The molecule has 2 saturated carbocycles. The predicted molar refractivity (Wildman–Crippen MR) is 101 cm³/mol. The Kier molecular flexibility index (Phi) is 4.98. The number of nitro groups is 1. The van der Waals surface area contributed by atoms with Crippen LogP contribution >= 0.6 is 0 Å². The largest absolute Gasteiger partial charge is 0.282 e. The van der Waals surface area contributed by atoms with Crippen molar-refractivity contribution < 1.29 is 14.5 Å². The van der Waals surface area contributed by atoms with Gasteiger partial charge in [0.05, 0.1) is 10.5 Å². The average Bonchev–Trinajstić information content (AvgIpc) is 2.95. The molecule has 1 aromatic rings. The first-order chi connectivity index (χ1) is 13.1. The van der Waals surface area contributed by atoms with Gasteiger partial charge in [0.15, 0.2) is 0 Å². The summed E-state index contributed by atoms with van der Waals surface area (Å²) in [5.41, 5.74) is -0.0608. The van der Waals surface area contributed by atoms with Gasteiger partial charge in [-0.25, -0.2) is 0 Å². The van der Waals surface area contributed by atoms with E-state index in [1.807, 2.05) is 0 Å². The minimum Gasteiger partial charge on any atom is -0.270 e. The van der Waals surface area contributed by atoms with E-state index in [2.05, 4.69) is 0 Å². The zero-order valence-corrected chi connectivity index (χ0v) is 15.6. The van der Waals surface area contributed by atoms with Crippen molar-refractivity contribution in [2.45, 2.75) is 70.3 Å². The van der Waals surface area contributed by atoms with Crippen molar-refractivity contribution in [1.82, 2.24) is 4.90 Å². The number of carbonyl (C=O) groups excluding carboxylic acids is 2. The molecule has 1 aliphatic heterocycles. The fraction of sp³-hybridized carbons (Fsp3) is 0.619. The summed E-state index contributed by atoms with van der Waals surface area (Å²) in [6.45, 7) is 0. The van der Waals surface area contributed by atoms with E-state index in [-0.39, 0.29) is 28.8 Å². The lowest BCUT2D eigenvalue weighted by atomic mass is 9.73. The van der Waals surface area contributed by atoms with Crippen LogP contribution in [0.5, 0.6) is 0 Å². The molecule has 3 aliphatic rings. The van der Waals surface area contributed by atoms with Gasteiger partial charge in [-0.3, -0.25) is 24.6 Å². The number of imide groups is 1. The lowest BCUT2D eigenvalue weighted by Crippen LogP contribution is -2.49. The smallest absolute Gasteiger partial charge is 0.270 e. The molecule has 2 aliphatic carbocycles. The van der Waals surface area contributed by atoms with Gasteiger partial charge in [0.1, 0.15) is 5.56 Å². The van der Waals surface area contributed by atoms with Crippen LogP contribution in [0.3, 0.4) is 0 Å². The molecule has 2 amide bonds.